The molecule has 0 spiro atoms. The van der Waals surface area contributed by atoms with Gasteiger partial charge in [-0.1, -0.05) is 41.4 Å². The molecule has 0 saturated heterocycles. The van der Waals surface area contributed by atoms with Gasteiger partial charge in [-0.15, -0.1) is 0 Å². The molecule has 0 aliphatic carbocycles. The van der Waals surface area contributed by atoms with Gasteiger partial charge in [-0.3, -0.25) is 0 Å². The van der Waals surface area contributed by atoms with Crippen molar-refractivity contribution in [2.24, 2.45) is 5.73 Å². The second-order valence-corrected chi connectivity index (χ2v) is 4.96. The van der Waals surface area contributed by atoms with E-state index < -0.39 is 5.82 Å². The molecule has 0 fully saturated rings. The zero-order valence-corrected chi connectivity index (χ0v) is 11.0. The Morgan fingerprint density at radius 3 is 2.56 bits per heavy atom. The molecule has 0 radical (unpaired) electrons. The lowest BCUT2D eigenvalue weighted by molar-refractivity contribution is 0.622. The maximum Gasteiger partial charge on any atom is 0.142 e. The van der Waals surface area contributed by atoms with E-state index in [0.29, 0.717) is 11.4 Å². The molecule has 2 N–H and O–H groups in total. The van der Waals surface area contributed by atoms with Crippen molar-refractivity contribution < 1.29 is 4.39 Å². The van der Waals surface area contributed by atoms with Crippen molar-refractivity contribution in [3.63, 3.8) is 0 Å². The number of rotatable bonds is 3. The normalized spacial score (nSPS) is 12.4. The first-order valence-corrected chi connectivity index (χ1v) is 6.27. The summed E-state index contributed by atoms with van der Waals surface area (Å²) in [4.78, 5) is 0. The molecule has 0 saturated carbocycles. The molecule has 0 amide bonds. The van der Waals surface area contributed by atoms with Crippen molar-refractivity contribution in [2.75, 3.05) is 0 Å². The Labute approximate surface area is 115 Å². The first-order valence-electron chi connectivity index (χ1n) is 5.51. The number of hydrogen-bond acceptors (Lipinski definition) is 1. The minimum Gasteiger partial charge on any atom is -0.324 e. The van der Waals surface area contributed by atoms with Crippen LogP contribution in [0.2, 0.25) is 10.0 Å². The second kappa shape index (κ2) is 5.70. The average Bonchev–Trinajstić information content (AvgIpc) is 2.34. The highest BCUT2D eigenvalue weighted by atomic mass is 35.5. The van der Waals surface area contributed by atoms with Crippen LogP contribution in [-0.4, -0.2) is 0 Å². The minimum absolute atomic E-state index is 0.120. The fourth-order valence-corrected chi connectivity index (χ4v) is 2.09. The quantitative estimate of drug-likeness (QED) is 0.889. The lowest BCUT2D eigenvalue weighted by Gasteiger charge is -2.12. The highest BCUT2D eigenvalue weighted by Crippen LogP contribution is 2.22. The average molecular weight is 284 g/mol. The molecular formula is C14H12Cl2FN. The number of benzene rings is 2. The van der Waals surface area contributed by atoms with Crippen molar-refractivity contribution in [3.05, 3.63) is 69.5 Å². The number of halogens is 3. The summed E-state index contributed by atoms with van der Waals surface area (Å²) in [6.07, 6.45) is 0.536. The summed E-state index contributed by atoms with van der Waals surface area (Å²) in [7, 11) is 0. The van der Waals surface area contributed by atoms with Crippen molar-refractivity contribution in [1.82, 2.24) is 0 Å². The van der Waals surface area contributed by atoms with E-state index in [-0.39, 0.29) is 11.1 Å². The Balaban J connectivity index is 2.16. The highest BCUT2D eigenvalue weighted by molar-refractivity contribution is 6.31. The molecular weight excluding hydrogens is 272 g/mol. The predicted octanol–water partition coefficient (Wildman–Crippen LogP) is 4.38. The van der Waals surface area contributed by atoms with Gasteiger partial charge in [-0.2, -0.15) is 0 Å². The van der Waals surface area contributed by atoms with E-state index >= 15 is 0 Å². The second-order valence-electron chi connectivity index (χ2n) is 4.11. The maximum atomic E-state index is 13.3. The van der Waals surface area contributed by atoms with Gasteiger partial charge in [0.2, 0.25) is 0 Å². The molecule has 0 bridgehead atoms. The SMILES string of the molecule is NC(Cc1ccc(Cl)c(F)c1)c1cccc(Cl)c1. The van der Waals surface area contributed by atoms with Crippen LogP contribution in [0, 0.1) is 5.82 Å². The summed E-state index contributed by atoms with van der Waals surface area (Å²) in [6, 6.07) is 11.9. The summed E-state index contributed by atoms with van der Waals surface area (Å²) in [5, 5.41) is 0.764. The molecule has 2 aromatic rings. The molecule has 1 atom stereocenters. The van der Waals surface area contributed by atoms with Crippen molar-refractivity contribution in [1.29, 1.82) is 0 Å². The summed E-state index contributed by atoms with van der Waals surface area (Å²) in [5.74, 6) is -0.424. The van der Waals surface area contributed by atoms with Gasteiger partial charge < -0.3 is 5.73 Å². The van der Waals surface area contributed by atoms with Gasteiger partial charge in [0.25, 0.3) is 0 Å². The fraction of sp³-hybridized carbons (Fsp3) is 0.143. The minimum atomic E-state index is -0.424. The van der Waals surface area contributed by atoms with Gasteiger partial charge in [-0.25, -0.2) is 4.39 Å². The first-order chi connectivity index (χ1) is 8.56. The van der Waals surface area contributed by atoms with Crippen molar-refractivity contribution in [3.8, 4) is 0 Å². The van der Waals surface area contributed by atoms with Gasteiger partial charge in [0.1, 0.15) is 5.82 Å². The van der Waals surface area contributed by atoms with E-state index in [1.165, 1.54) is 12.1 Å². The largest absolute Gasteiger partial charge is 0.324 e. The Morgan fingerprint density at radius 1 is 1.11 bits per heavy atom. The smallest absolute Gasteiger partial charge is 0.142 e. The summed E-state index contributed by atoms with van der Waals surface area (Å²) in [6.45, 7) is 0. The van der Waals surface area contributed by atoms with E-state index in [1.54, 1.807) is 12.1 Å². The Bertz CT molecular complexity index is 557. The summed E-state index contributed by atoms with van der Waals surface area (Å²) < 4.78 is 13.3. The molecule has 4 heteroatoms. The van der Waals surface area contributed by atoms with Crippen LogP contribution in [0.4, 0.5) is 4.39 Å². The first kappa shape index (κ1) is 13.3. The van der Waals surface area contributed by atoms with Gasteiger partial charge >= 0.3 is 0 Å². The maximum absolute atomic E-state index is 13.3. The molecule has 0 aliphatic heterocycles. The molecule has 2 rings (SSSR count). The molecule has 0 aliphatic rings. The molecule has 0 heterocycles. The van der Waals surface area contributed by atoms with Crippen LogP contribution in [0.1, 0.15) is 17.2 Å². The number of nitrogens with two attached hydrogens (primary N) is 1. The van der Waals surface area contributed by atoms with E-state index in [2.05, 4.69) is 0 Å². The molecule has 2 aromatic carbocycles. The van der Waals surface area contributed by atoms with E-state index in [9.17, 15) is 4.39 Å². The lowest BCUT2D eigenvalue weighted by atomic mass is 10.00. The molecule has 1 unspecified atom stereocenters. The summed E-state index contributed by atoms with van der Waals surface area (Å²) in [5.41, 5.74) is 7.81. The van der Waals surface area contributed by atoms with E-state index in [4.69, 9.17) is 28.9 Å². The highest BCUT2D eigenvalue weighted by Gasteiger charge is 2.09. The third-order valence-electron chi connectivity index (χ3n) is 2.72. The molecule has 94 valence electrons. The van der Waals surface area contributed by atoms with E-state index in [1.807, 2.05) is 18.2 Å². The van der Waals surface area contributed by atoms with Crippen molar-refractivity contribution in [2.45, 2.75) is 12.5 Å². The van der Waals surface area contributed by atoms with Gasteiger partial charge in [0.15, 0.2) is 0 Å². The van der Waals surface area contributed by atoms with Crippen molar-refractivity contribution >= 4 is 23.2 Å². The monoisotopic (exact) mass is 283 g/mol. The number of hydrogen-bond donors (Lipinski definition) is 1. The van der Waals surface area contributed by atoms with Gasteiger partial charge in [-0.05, 0) is 41.8 Å². The molecule has 0 aromatic heterocycles. The third kappa shape index (κ3) is 3.22. The zero-order valence-electron chi connectivity index (χ0n) is 9.54. The summed E-state index contributed by atoms with van der Waals surface area (Å²) >= 11 is 11.5. The third-order valence-corrected chi connectivity index (χ3v) is 3.26. The van der Waals surface area contributed by atoms with Crippen LogP contribution in [0.25, 0.3) is 0 Å². The van der Waals surface area contributed by atoms with Crippen LogP contribution >= 0.6 is 23.2 Å². The molecule has 1 nitrogen and oxygen atoms in total. The fourth-order valence-electron chi connectivity index (χ4n) is 1.78. The topological polar surface area (TPSA) is 26.0 Å². The lowest BCUT2D eigenvalue weighted by Crippen LogP contribution is -2.13. The Morgan fingerprint density at radius 2 is 1.89 bits per heavy atom. The Hall–Kier alpha value is -1.09. The predicted molar refractivity (Wildman–Crippen MR) is 73.5 cm³/mol. The van der Waals surface area contributed by atoms with Crippen LogP contribution in [0.5, 0.6) is 0 Å². The Kier molecular flexibility index (Phi) is 4.23. The van der Waals surface area contributed by atoms with Crippen LogP contribution in [0.3, 0.4) is 0 Å². The van der Waals surface area contributed by atoms with Gasteiger partial charge in [0.05, 0.1) is 5.02 Å². The van der Waals surface area contributed by atoms with E-state index in [0.717, 1.165) is 11.1 Å². The van der Waals surface area contributed by atoms with Crippen LogP contribution in [0.15, 0.2) is 42.5 Å². The molecule has 18 heavy (non-hydrogen) atoms. The van der Waals surface area contributed by atoms with Crippen LogP contribution in [-0.2, 0) is 6.42 Å². The standard InChI is InChI=1S/C14H12Cl2FN/c15-11-3-1-2-10(8-11)14(18)7-9-4-5-12(16)13(17)6-9/h1-6,8,14H,7,18H2. The van der Waals surface area contributed by atoms with Crippen LogP contribution < -0.4 is 5.73 Å². The van der Waals surface area contributed by atoms with Gasteiger partial charge in [0, 0.05) is 11.1 Å². The zero-order chi connectivity index (χ0) is 13.1.